The molecule has 0 saturated carbocycles. The Labute approximate surface area is 188 Å². The minimum Gasteiger partial charge on any atom is -0.356 e. The molecule has 3 aromatic carbocycles. The Kier molecular flexibility index (Phi) is 6.64. The lowest BCUT2D eigenvalue weighted by Crippen LogP contribution is -2.24. The van der Waals surface area contributed by atoms with Crippen LogP contribution >= 0.6 is 23.1 Å². The smallest absolute Gasteiger partial charge is 0.256 e. The number of amides is 2. The van der Waals surface area contributed by atoms with Crippen LogP contribution < -0.4 is 10.6 Å². The fraction of sp³-hybridized carbons (Fsp3) is 0.125. The zero-order valence-corrected chi connectivity index (χ0v) is 18.6. The Balaban J connectivity index is 1.64. The second-order valence-corrected chi connectivity index (χ2v) is 8.97. The second-order valence-electron chi connectivity index (χ2n) is 6.75. The van der Waals surface area contributed by atoms with Crippen molar-refractivity contribution < 1.29 is 9.59 Å². The number of aromatic nitrogens is 1. The average Bonchev–Trinajstić information content (AvgIpc) is 3.20. The molecule has 5 nitrogen and oxygen atoms in total. The molecule has 0 unspecified atom stereocenters. The molecule has 2 N–H and O–H groups in total. The van der Waals surface area contributed by atoms with Crippen LogP contribution in [0, 0.1) is 0 Å². The summed E-state index contributed by atoms with van der Waals surface area (Å²) in [5.41, 5.74) is 2.23. The van der Waals surface area contributed by atoms with Crippen LogP contribution in [-0.4, -0.2) is 29.1 Å². The van der Waals surface area contributed by atoms with Crippen LogP contribution in [0.25, 0.3) is 22.0 Å². The maximum Gasteiger partial charge on any atom is 0.256 e. The van der Waals surface area contributed by atoms with Gasteiger partial charge in [-0.1, -0.05) is 89.8 Å². The second kappa shape index (κ2) is 9.76. The van der Waals surface area contributed by atoms with Crippen molar-refractivity contribution in [3.05, 3.63) is 78.4 Å². The zero-order valence-electron chi connectivity index (χ0n) is 16.9. The van der Waals surface area contributed by atoms with E-state index in [1.165, 1.54) is 23.1 Å². The van der Waals surface area contributed by atoms with Crippen molar-refractivity contribution in [2.75, 3.05) is 17.6 Å². The summed E-state index contributed by atoms with van der Waals surface area (Å²) < 4.78 is 0.735. The van der Waals surface area contributed by atoms with E-state index in [2.05, 4.69) is 10.6 Å². The number of fused-ring (bicyclic) bond motifs is 1. The van der Waals surface area contributed by atoms with Crippen molar-refractivity contribution in [2.24, 2.45) is 0 Å². The van der Waals surface area contributed by atoms with E-state index in [-0.39, 0.29) is 17.6 Å². The van der Waals surface area contributed by atoms with Gasteiger partial charge < -0.3 is 10.6 Å². The van der Waals surface area contributed by atoms with Gasteiger partial charge in [-0.05, 0) is 23.8 Å². The molecule has 0 spiro atoms. The molecule has 0 atom stereocenters. The van der Waals surface area contributed by atoms with Gasteiger partial charge in [-0.2, -0.15) is 0 Å². The number of thiazole rings is 1. The summed E-state index contributed by atoms with van der Waals surface area (Å²) in [5.74, 6) is 0.0648. The first-order chi connectivity index (χ1) is 15.2. The number of carbonyl (C=O) groups is 2. The molecule has 2 amide bonds. The summed E-state index contributed by atoms with van der Waals surface area (Å²) in [7, 11) is 0. The largest absolute Gasteiger partial charge is 0.356 e. The van der Waals surface area contributed by atoms with E-state index in [0.717, 1.165) is 20.7 Å². The summed E-state index contributed by atoms with van der Waals surface area (Å²) in [6.07, 6.45) is 0. The van der Waals surface area contributed by atoms with Gasteiger partial charge in [0.25, 0.3) is 5.91 Å². The molecule has 0 bridgehead atoms. The van der Waals surface area contributed by atoms with Gasteiger partial charge in [0.2, 0.25) is 5.91 Å². The van der Waals surface area contributed by atoms with Crippen LogP contribution in [0.5, 0.6) is 0 Å². The highest BCUT2D eigenvalue weighted by atomic mass is 32.2. The molecule has 0 aliphatic carbocycles. The van der Waals surface area contributed by atoms with E-state index in [0.29, 0.717) is 22.8 Å². The Bertz CT molecular complexity index is 1220. The summed E-state index contributed by atoms with van der Waals surface area (Å²) >= 11 is 2.75. The predicted molar refractivity (Wildman–Crippen MR) is 129 cm³/mol. The monoisotopic (exact) mass is 447 g/mol. The van der Waals surface area contributed by atoms with Gasteiger partial charge in [-0.15, -0.1) is 0 Å². The SMILES string of the molecule is CCNC(=O)CSc1nc(-c2ccccc2)c(NC(=O)c2cccc3ccccc23)s1. The number of rotatable bonds is 7. The van der Waals surface area contributed by atoms with Gasteiger partial charge in [-0.25, -0.2) is 4.98 Å². The van der Waals surface area contributed by atoms with Crippen molar-refractivity contribution in [1.29, 1.82) is 0 Å². The molecule has 0 aliphatic rings. The van der Waals surface area contributed by atoms with E-state index in [1.54, 1.807) is 0 Å². The topological polar surface area (TPSA) is 71.1 Å². The Morgan fingerprint density at radius 1 is 0.968 bits per heavy atom. The predicted octanol–water partition coefficient (Wildman–Crippen LogP) is 5.44. The first kappa shape index (κ1) is 21.1. The molecular formula is C24H21N3O2S2. The number of hydrogen-bond acceptors (Lipinski definition) is 5. The number of carbonyl (C=O) groups excluding carboxylic acids is 2. The summed E-state index contributed by atoms with van der Waals surface area (Å²) in [6, 6.07) is 23.3. The van der Waals surface area contributed by atoms with Crippen molar-refractivity contribution in [2.45, 2.75) is 11.3 Å². The van der Waals surface area contributed by atoms with Crippen LogP contribution in [0.2, 0.25) is 0 Å². The van der Waals surface area contributed by atoms with Crippen molar-refractivity contribution in [3.63, 3.8) is 0 Å². The summed E-state index contributed by atoms with van der Waals surface area (Å²) in [6.45, 7) is 2.49. The molecule has 0 aliphatic heterocycles. The highest BCUT2D eigenvalue weighted by Crippen LogP contribution is 2.38. The Morgan fingerprint density at radius 2 is 1.71 bits per heavy atom. The molecule has 7 heteroatoms. The molecular weight excluding hydrogens is 426 g/mol. The molecule has 156 valence electrons. The number of nitrogens with zero attached hydrogens (tertiary/aromatic N) is 1. The molecule has 31 heavy (non-hydrogen) atoms. The van der Waals surface area contributed by atoms with Gasteiger partial charge in [0.1, 0.15) is 10.7 Å². The van der Waals surface area contributed by atoms with Crippen molar-refractivity contribution in [1.82, 2.24) is 10.3 Å². The fourth-order valence-corrected chi connectivity index (χ4v) is 5.10. The minimum absolute atomic E-state index is 0.0368. The van der Waals surface area contributed by atoms with Crippen LogP contribution in [0.1, 0.15) is 17.3 Å². The fourth-order valence-electron chi connectivity index (χ4n) is 3.21. The number of anilines is 1. The minimum atomic E-state index is -0.182. The van der Waals surface area contributed by atoms with E-state index < -0.39 is 0 Å². The third-order valence-electron chi connectivity index (χ3n) is 4.62. The van der Waals surface area contributed by atoms with Gasteiger partial charge in [0.05, 0.1) is 5.75 Å². The number of benzene rings is 3. The first-order valence-corrected chi connectivity index (χ1v) is 11.7. The summed E-state index contributed by atoms with van der Waals surface area (Å²) in [5, 5.41) is 8.43. The van der Waals surface area contributed by atoms with Gasteiger partial charge in [0, 0.05) is 17.7 Å². The van der Waals surface area contributed by atoms with E-state index in [1.807, 2.05) is 79.7 Å². The molecule has 1 heterocycles. The quantitative estimate of drug-likeness (QED) is 0.370. The first-order valence-electron chi connectivity index (χ1n) is 9.90. The lowest BCUT2D eigenvalue weighted by atomic mass is 10.0. The van der Waals surface area contributed by atoms with Gasteiger partial charge in [-0.3, -0.25) is 9.59 Å². The van der Waals surface area contributed by atoms with Crippen LogP contribution in [-0.2, 0) is 4.79 Å². The molecule has 0 saturated heterocycles. The van der Waals surface area contributed by atoms with E-state index >= 15 is 0 Å². The average molecular weight is 448 g/mol. The van der Waals surface area contributed by atoms with E-state index in [4.69, 9.17) is 4.98 Å². The third kappa shape index (κ3) is 4.95. The molecule has 1 aromatic heterocycles. The summed E-state index contributed by atoms with van der Waals surface area (Å²) in [4.78, 5) is 29.7. The zero-order chi connectivity index (χ0) is 21.6. The van der Waals surface area contributed by atoms with Gasteiger partial charge in [0.15, 0.2) is 4.34 Å². The normalized spacial score (nSPS) is 10.7. The number of hydrogen-bond donors (Lipinski definition) is 2. The van der Waals surface area contributed by atoms with Crippen LogP contribution in [0.3, 0.4) is 0 Å². The number of nitrogens with one attached hydrogen (secondary N) is 2. The lowest BCUT2D eigenvalue weighted by molar-refractivity contribution is -0.118. The molecule has 4 rings (SSSR count). The van der Waals surface area contributed by atoms with Crippen molar-refractivity contribution >= 4 is 50.7 Å². The molecule has 0 radical (unpaired) electrons. The van der Waals surface area contributed by atoms with Crippen molar-refractivity contribution in [3.8, 4) is 11.3 Å². The van der Waals surface area contributed by atoms with Gasteiger partial charge >= 0.3 is 0 Å². The molecule has 0 fully saturated rings. The van der Waals surface area contributed by atoms with E-state index in [9.17, 15) is 9.59 Å². The third-order valence-corrected chi connectivity index (χ3v) is 6.73. The highest BCUT2D eigenvalue weighted by Gasteiger charge is 2.18. The lowest BCUT2D eigenvalue weighted by Gasteiger charge is -2.08. The Morgan fingerprint density at radius 3 is 2.52 bits per heavy atom. The highest BCUT2D eigenvalue weighted by molar-refractivity contribution is 8.01. The molecule has 4 aromatic rings. The van der Waals surface area contributed by atoms with Crippen LogP contribution in [0.15, 0.2) is 77.1 Å². The maximum absolute atomic E-state index is 13.2. The van der Waals surface area contributed by atoms with Crippen LogP contribution in [0.4, 0.5) is 5.00 Å². The standard InChI is InChI=1S/C24H21N3O2S2/c1-2-25-20(28)15-30-24-26-21(17-10-4-3-5-11-17)23(31-24)27-22(29)19-14-8-12-16-9-6-7-13-18(16)19/h3-14H,2,15H2,1H3,(H,25,28)(H,27,29). The number of thioether (sulfide) groups is 1. The maximum atomic E-state index is 13.2. The Hall–Kier alpha value is -3.16.